The molecule has 3 N–H and O–H groups in total. The van der Waals surface area contributed by atoms with Crippen molar-refractivity contribution in [3.8, 4) is 28.6 Å². The zero-order chi connectivity index (χ0) is 15.9. The number of phenols is 1. The van der Waals surface area contributed by atoms with E-state index in [1.165, 1.54) is 6.20 Å². The Morgan fingerprint density at radius 1 is 1.27 bits per heavy atom. The number of aromatic hydroxyl groups is 1. The Hall–Kier alpha value is -2.55. The second-order valence-electron chi connectivity index (χ2n) is 4.27. The van der Waals surface area contributed by atoms with Crippen molar-refractivity contribution in [2.24, 2.45) is 0 Å². The standard InChI is InChI=1S/C13H7BrF2N4O2/c14-7-3-5(4-18-11(7)17)12-19-13(22-20-12)6-1-2-8(15)10(21)9(6)16/h1-4,21H,(H2,17,18). The molecule has 0 aliphatic carbocycles. The number of rotatable bonds is 2. The summed E-state index contributed by atoms with van der Waals surface area (Å²) in [7, 11) is 0. The molecule has 0 aliphatic rings. The Balaban J connectivity index is 2.04. The van der Waals surface area contributed by atoms with Gasteiger partial charge in [0, 0.05) is 11.8 Å². The minimum absolute atomic E-state index is 0.145. The van der Waals surface area contributed by atoms with Crippen LogP contribution in [0.25, 0.3) is 22.8 Å². The normalized spacial score (nSPS) is 10.9. The molecule has 3 aromatic rings. The first-order valence-corrected chi connectivity index (χ1v) is 6.69. The highest BCUT2D eigenvalue weighted by atomic mass is 79.9. The van der Waals surface area contributed by atoms with Crippen LogP contribution in [0.2, 0.25) is 0 Å². The van der Waals surface area contributed by atoms with Crippen molar-refractivity contribution in [3.05, 3.63) is 40.5 Å². The monoisotopic (exact) mass is 368 g/mol. The molecule has 2 heterocycles. The molecular formula is C13H7BrF2N4O2. The third-order valence-electron chi connectivity index (χ3n) is 2.85. The number of nitrogens with zero attached hydrogens (tertiary/aromatic N) is 3. The molecule has 9 heteroatoms. The second-order valence-corrected chi connectivity index (χ2v) is 5.13. The zero-order valence-corrected chi connectivity index (χ0v) is 12.3. The van der Waals surface area contributed by atoms with Gasteiger partial charge in [-0.05, 0) is 34.1 Å². The van der Waals surface area contributed by atoms with Gasteiger partial charge in [-0.25, -0.2) is 13.8 Å². The molecule has 0 unspecified atom stereocenters. The first-order valence-electron chi connectivity index (χ1n) is 5.90. The summed E-state index contributed by atoms with van der Waals surface area (Å²) in [5.74, 6) is -3.11. The van der Waals surface area contributed by atoms with Crippen molar-refractivity contribution >= 4 is 21.7 Å². The summed E-state index contributed by atoms with van der Waals surface area (Å²) in [5, 5.41) is 13.0. The maximum absolute atomic E-state index is 13.8. The smallest absolute Gasteiger partial charge is 0.261 e. The summed E-state index contributed by atoms with van der Waals surface area (Å²) in [6.07, 6.45) is 1.42. The third-order valence-corrected chi connectivity index (χ3v) is 3.49. The van der Waals surface area contributed by atoms with Crippen molar-refractivity contribution in [1.82, 2.24) is 15.1 Å². The van der Waals surface area contributed by atoms with Crippen molar-refractivity contribution in [2.45, 2.75) is 0 Å². The molecule has 0 saturated heterocycles. The molecular weight excluding hydrogens is 362 g/mol. The average Bonchev–Trinajstić information content (AvgIpc) is 2.97. The van der Waals surface area contributed by atoms with Gasteiger partial charge in [0.15, 0.2) is 17.4 Å². The van der Waals surface area contributed by atoms with E-state index in [0.717, 1.165) is 12.1 Å². The minimum atomic E-state index is -1.17. The quantitative estimate of drug-likeness (QED) is 0.720. The summed E-state index contributed by atoms with van der Waals surface area (Å²) in [6.45, 7) is 0. The number of pyridine rings is 1. The predicted octanol–water partition coefficient (Wildman–Crippen LogP) is 3.13. The highest BCUT2D eigenvalue weighted by Gasteiger charge is 2.19. The molecule has 6 nitrogen and oxygen atoms in total. The summed E-state index contributed by atoms with van der Waals surface area (Å²) in [5.41, 5.74) is 5.86. The van der Waals surface area contributed by atoms with Crippen LogP contribution >= 0.6 is 15.9 Å². The summed E-state index contributed by atoms with van der Waals surface area (Å²) < 4.78 is 32.4. The van der Waals surface area contributed by atoms with Crippen LogP contribution < -0.4 is 5.73 Å². The molecule has 0 spiro atoms. The van der Waals surface area contributed by atoms with E-state index in [1.54, 1.807) is 6.07 Å². The van der Waals surface area contributed by atoms with Gasteiger partial charge < -0.3 is 15.4 Å². The van der Waals surface area contributed by atoms with Gasteiger partial charge in [-0.15, -0.1) is 0 Å². The lowest BCUT2D eigenvalue weighted by Gasteiger charge is -2.00. The number of hydrogen-bond acceptors (Lipinski definition) is 6. The van der Waals surface area contributed by atoms with E-state index >= 15 is 0 Å². The van der Waals surface area contributed by atoms with Crippen LogP contribution in [0.1, 0.15) is 0 Å². The van der Waals surface area contributed by atoms with Gasteiger partial charge in [-0.3, -0.25) is 0 Å². The SMILES string of the molecule is Nc1ncc(-c2noc(-c3ccc(F)c(O)c3F)n2)cc1Br. The molecule has 2 aromatic heterocycles. The van der Waals surface area contributed by atoms with Gasteiger partial charge in [-0.1, -0.05) is 5.16 Å². The molecule has 1 aromatic carbocycles. The number of nitrogen functional groups attached to an aromatic ring is 1. The van der Waals surface area contributed by atoms with Gasteiger partial charge >= 0.3 is 0 Å². The average molecular weight is 369 g/mol. The highest BCUT2D eigenvalue weighted by molar-refractivity contribution is 9.10. The Morgan fingerprint density at radius 3 is 2.77 bits per heavy atom. The van der Waals surface area contributed by atoms with Crippen LogP contribution in [0.4, 0.5) is 14.6 Å². The van der Waals surface area contributed by atoms with Crippen LogP contribution in [-0.2, 0) is 0 Å². The number of benzene rings is 1. The lowest BCUT2D eigenvalue weighted by atomic mass is 10.2. The predicted molar refractivity (Wildman–Crippen MR) is 76.7 cm³/mol. The number of nitrogens with two attached hydrogens (primary N) is 1. The first-order chi connectivity index (χ1) is 10.5. The van der Waals surface area contributed by atoms with Crippen molar-refractivity contribution in [2.75, 3.05) is 5.73 Å². The fraction of sp³-hybridized carbons (Fsp3) is 0. The first kappa shape index (κ1) is 14.4. The van der Waals surface area contributed by atoms with Gasteiger partial charge in [0.1, 0.15) is 5.82 Å². The van der Waals surface area contributed by atoms with E-state index < -0.39 is 17.4 Å². The molecule has 0 atom stereocenters. The Morgan fingerprint density at radius 2 is 2.05 bits per heavy atom. The Labute approximate surface area is 130 Å². The van der Waals surface area contributed by atoms with Crippen molar-refractivity contribution in [1.29, 1.82) is 0 Å². The molecule has 3 rings (SSSR count). The lowest BCUT2D eigenvalue weighted by Crippen LogP contribution is -1.92. The molecule has 0 bridgehead atoms. The number of aromatic nitrogens is 3. The van der Waals surface area contributed by atoms with Gasteiger partial charge in [0.2, 0.25) is 5.82 Å². The number of anilines is 1. The van der Waals surface area contributed by atoms with E-state index in [1.807, 2.05) is 0 Å². The van der Waals surface area contributed by atoms with Crippen LogP contribution in [0.5, 0.6) is 5.75 Å². The topological polar surface area (TPSA) is 98.1 Å². The van der Waals surface area contributed by atoms with Gasteiger partial charge in [-0.2, -0.15) is 4.98 Å². The molecule has 0 amide bonds. The van der Waals surface area contributed by atoms with Crippen molar-refractivity contribution < 1.29 is 18.4 Å². The van der Waals surface area contributed by atoms with Crippen LogP contribution in [-0.4, -0.2) is 20.2 Å². The van der Waals surface area contributed by atoms with E-state index in [2.05, 4.69) is 31.1 Å². The van der Waals surface area contributed by atoms with E-state index in [4.69, 9.17) is 10.3 Å². The lowest BCUT2D eigenvalue weighted by molar-refractivity contribution is 0.392. The third kappa shape index (κ3) is 2.39. The second kappa shape index (κ2) is 5.34. The van der Waals surface area contributed by atoms with Crippen LogP contribution in [0.3, 0.4) is 0 Å². The molecule has 0 radical (unpaired) electrons. The number of halogens is 3. The number of hydrogen-bond donors (Lipinski definition) is 2. The fourth-order valence-electron chi connectivity index (χ4n) is 1.73. The summed E-state index contributed by atoms with van der Waals surface area (Å²) >= 11 is 3.22. The Bertz CT molecular complexity index is 869. The molecule has 22 heavy (non-hydrogen) atoms. The molecule has 0 aliphatic heterocycles. The summed E-state index contributed by atoms with van der Waals surface area (Å²) in [4.78, 5) is 7.93. The van der Waals surface area contributed by atoms with E-state index in [9.17, 15) is 13.9 Å². The summed E-state index contributed by atoms with van der Waals surface area (Å²) in [6, 6.07) is 3.62. The maximum atomic E-state index is 13.8. The largest absolute Gasteiger partial charge is 0.503 e. The van der Waals surface area contributed by atoms with E-state index in [0.29, 0.717) is 15.9 Å². The zero-order valence-electron chi connectivity index (χ0n) is 10.7. The van der Waals surface area contributed by atoms with Gasteiger partial charge in [0.05, 0.1) is 10.0 Å². The minimum Gasteiger partial charge on any atom is -0.503 e. The molecule has 0 saturated carbocycles. The van der Waals surface area contributed by atoms with Gasteiger partial charge in [0.25, 0.3) is 5.89 Å². The Kier molecular flexibility index (Phi) is 3.49. The molecule has 0 fully saturated rings. The number of phenolic OH excluding ortho intramolecular Hbond substituents is 1. The van der Waals surface area contributed by atoms with E-state index in [-0.39, 0.29) is 17.3 Å². The molecule has 112 valence electrons. The van der Waals surface area contributed by atoms with Crippen molar-refractivity contribution in [3.63, 3.8) is 0 Å². The van der Waals surface area contributed by atoms with Crippen LogP contribution in [0, 0.1) is 11.6 Å². The maximum Gasteiger partial charge on any atom is 0.261 e. The fourth-order valence-corrected chi connectivity index (χ4v) is 2.08. The van der Waals surface area contributed by atoms with Crippen LogP contribution in [0.15, 0.2) is 33.4 Å². The highest BCUT2D eigenvalue weighted by Crippen LogP contribution is 2.31.